The van der Waals surface area contributed by atoms with Gasteiger partial charge in [0.25, 0.3) is 0 Å². The summed E-state index contributed by atoms with van der Waals surface area (Å²) < 4.78 is 1.42. The number of anilines is 1. The molecule has 1 aromatic carbocycles. The number of amides is 3. The molecule has 0 radical (unpaired) electrons. The Kier molecular flexibility index (Phi) is 8.22. The second-order valence-electron chi connectivity index (χ2n) is 10.0. The molecule has 2 saturated heterocycles. The lowest BCUT2D eigenvalue weighted by molar-refractivity contribution is -0.139. The van der Waals surface area contributed by atoms with Gasteiger partial charge >= 0.3 is 11.7 Å². The van der Waals surface area contributed by atoms with Crippen LogP contribution in [0.5, 0.6) is 0 Å². The summed E-state index contributed by atoms with van der Waals surface area (Å²) in [6.07, 6.45) is 3.54. The normalized spacial score (nSPS) is 20.1. The summed E-state index contributed by atoms with van der Waals surface area (Å²) in [4.78, 5) is 47.2. The summed E-state index contributed by atoms with van der Waals surface area (Å²) in [7, 11) is 0. The number of aromatic nitrogens is 2. The van der Waals surface area contributed by atoms with E-state index < -0.39 is 23.9 Å². The molecule has 3 amide bonds. The van der Waals surface area contributed by atoms with Crippen LogP contribution >= 0.6 is 0 Å². The van der Waals surface area contributed by atoms with Crippen molar-refractivity contribution in [3.63, 3.8) is 0 Å². The Morgan fingerprint density at radius 3 is 2.38 bits per heavy atom. The number of piperazine rings is 1. The highest BCUT2D eigenvalue weighted by Gasteiger charge is 2.34. The molecular formula is C25H36N8O4. The Balaban J connectivity index is 1.30. The predicted molar refractivity (Wildman–Crippen MR) is 139 cm³/mol. The first-order valence-corrected chi connectivity index (χ1v) is 12.6. The molecule has 2 atom stereocenters. The number of carbonyl (C=O) groups excluding carboxylic acids is 2. The fourth-order valence-electron chi connectivity index (χ4n) is 4.58. The van der Waals surface area contributed by atoms with Crippen molar-refractivity contribution >= 4 is 17.8 Å². The van der Waals surface area contributed by atoms with Gasteiger partial charge in [-0.2, -0.15) is 4.98 Å². The maximum atomic E-state index is 12.7. The summed E-state index contributed by atoms with van der Waals surface area (Å²) in [5, 5.41) is 12.0. The van der Waals surface area contributed by atoms with Gasteiger partial charge in [0.1, 0.15) is 11.4 Å². The van der Waals surface area contributed by atoms with Crippen molar-refractivity contribution in [3.8, 4) is 5.69 Å². The van der Waals surface area contributed by atoms with Gasteiger partial charge in [0.2, 0.25) is 5.91 Å². The van der Waals surface area contributed by atoms with E-state index in [1.165, 1.54) is 22.0 Å². The average molecular weight is 513 g/mol. The van der Waals surface area contributed by atoms with E-state index in [9.17, 15) is 19.5 Å². The zero-order valence-corrected chi connectivity index (χ0v) is 21.2. The second-order valence-corrected chi connectivity index (χ2v) is 10.0. The molecule has 0 saturated carbocycles. The number of likely N-dealkylation sites (tertiary alicyclic amines) is 1. The van der Waals surface area contributed by atoms with Gasteiger partial charge in [0.05, 0.1) is 12.3 Å². The zero-order chi connectivity index (χ0) is 26.6. The smallest absolute Gasteiger partial charge is 0.354 e. The summed E-state index contributed by atoms with van der Waals surface area (Å²) >= 11 is 0. The van der Waals surface area contributed by atoms with E-state index in [-0.39, 0.29) is 17.8 Å². The Morgan fingerprint density at radius 2 is 1.78 bits per heavy atom. The molecule has 0 bridgehead atoms. The molecule has 2 unspecified atom stereocenters. The molecule has 0 spiro atoms. The van der Waals surface area contributed by atoms with Gasteiger partial charge in [-0.05, 0) is 50.1 Å². The molecule has 12 heteroatoms. The van der Waals surface area contributed by atoms with E-state index in [0.29, 0.717) is 31.9 Å². The third kappa shape index (κ3) is 6.52. The van der Waals surface area contributed by atoms with Crippen molar-refractivity contribution in [1.29, 1.82) is 0 Å². The van der Waals surface area contributed by atoms with Gasteiger partial charge in [0, 0.05) is 51.5 Å². The number of nitrogens with zero attached hydrogens (tertiary/aromatic N) is 5. The topological polar surface area (TPSA) is 163 Å². The van der Waals surface area contributed by atoms with Gasteiger partial charge in [0.15, 0.2) is 0 Å². The number of benzene rings is 1. The van der Waals surface area contributed by atoms with Gasteiger partial charge in [-0.1, -0.05) is 12.1 Å². The number of aliphatic hydroxyl groups is 1. The minimum absolute atomic E-state index is 0.153. The first-order chi connectivity index (χ1) is 17.7. The minimum atomic E-state index is -1.35. The fourth-order valence-corrected chi connectivity index (χ4v) is 4.58. The molecule has 37 heavy (non-hydrogen) atoms. The SMILES string of the molecule is CC(N)(CO)C(=O)N1CCN(C(=O)Nc2ccn(-c3ccc(CCN4CCC(N)C4)cc3)c(=O)n2)CC1. The van der Waals surface area contributed by atoms with Crippen molar-refractivity contribution in [1.82, 2.24) is 24.3 Å². The summed E-state index contributed by atoms with van der Waals surface area (Å²) in [6, 6.07) is 9.22. The standard InChI is InChI=1S/C25H36N8O4/c1-25(27,17-34)22(35)31-12-14-32(15-13-31)23(36)28-21-8-11-33(24(37)29-21)20-4-2-18(3-5-20)6-9-30-10-7-19(26)16-30/h2-5,8,11,19,34H,6-7,9-10,12-17,26-27H2,1H3,(H,28,29,36,37). The van der Waals surface area contributed by atoms with Crippen molar-refractivity contribution in [2.45, 2.75) is 31.3 Å². The molecule has 200 valence electrons. The van der Waals surface area contributed by atoms with Crippen molar-refractivity contribution in [3.05, 3.63) is 52.6 Å². The summed E-state index contributed by atoms with van der Waals surface area (Å²) in [5.74, 6) is -0.204. The number of rotatable bonds is 7. The van der Waals surface area contributed by atoms with Gasteiger partial charge in [-0.15, -0.1) is 0 Å². The quantitative estimate of drug-likeness (QED) is 0.374. The van der Waals surface area contributed by atoms with Crippen molar-refractivity contribution < 1.29 is 14.7 Å². The van der Waals surface area contributed by atoms with E-state index >= 15 is 0 Å². The van der Waals surface area contributed by atoms with Crippen LogP contribution in [0.1, 0.15) is 18.9 Å². The lowest BCUT2D eigenvalue weighted by atomic mass is 10.0. The molecular weight excluding hydrogens is 476 g/mol. The van der Waals surface area contributed by atoms with E-state index in [1.54, 1.807) is 17.2 Å². The average Bonchev–Trinajstić information content (AvgIpc) is 3.32. The second kappa shape index (κ2) is 11.4. The van der Waals surface area contributed by atoms with Crippen molar-refractivity contribution in [2.24, 2.45) is 11.5 Å². The lowest BCUT2D eigenvalue weighted by Gasteiger charge is -2.37. The molecule has 12 nitrogen and oxygen atoms in total. The lowest BCUT2D eigenvalue weighted by Crippen LogP contribution is -2.60. The number of carbonyl (C=O) groups is 2. The van der Waals surface area contributed by atoms with E-state index in [0.717, 1.165) is 32.5 Å². The molecule has 0 aliphatic carbocycles. The first kappa shape index (κ1) is 26.7. The molecule has 4 rings (SSSR count). The van der Waals surface area contributed by atoms with E-state index in [1.807, 2.05) is 24.3 Å². The number of nitrogens with one attached hydrogen (secondary N) is 1. The molecule has 2 aromatic rings. The van der Waals surface area contributed by atoms with Gasteiger partial charge < -0.3 is 31.3 Å². The molecule has 2 aliphatic rings. The molecule has 3 heterocycles. The Labute approximate surface area is 215 Å². The largest absolute Gasteiger partial charge is 0.394 e. The van der Waals surface area contributed by atoms with Crippen LogP contribution in [0, 0.1) is 0 Å². The molecule has 1 aromatic heterocycles. The fraction of sp³-hybridized carbons (Fsp3) is 0.520. The van der Waals surface area contributed by atoms with Crippen LogP contribution in [0.4, 0.5) is 10.6 Å². The van der Waals surface area contributed by atoms with Crippen LogP contribution < -0.4 is 22.5 Å². The Hall–Kier alpha value is -3.32. The van der Waals surface area contributed by atoms with Crippen LogP contribution in [0.2, 0.25) is 0 Å². The number of hydrogen-bond acceptors (Lipinski definition) is 8. The predicted octanol–water partition coefficient (Wildman–Crippen LogP) is -0.806. The molecule has 6 N–H and O–H groups in total. The molecule has 2 aliphatic heterocycles. The van der Waals surface area contributed by atoms with E-state index in [4.69, 9.17) is 11.5 Å². The van der Waals surface area contributed by atoms with E-state index in [2.05, 4.69) is 15.2 Å². The minimum Gasteiger partial charge on any atom is -0.394 e. The monoisotopic (exact) mass is 512 g/mol. The number of hydrogen-bond donors (Lipinski definition) is 4. The van der Waals surface area contributed by atoms with Crippen LogP contribution in [-0.4, -0.2) is 105 Å². The maximum Gasteiger partial charge on any atom is 0.354 e. The molecule has 2 fully saturated rings. The number of aliphatic hydroxyl groups excluding tert-OH is 1. The number of nitrogens with two attached hydrogens (primary N) is 2. The van der Waals surface area contributed by atoms with Crippen LogP contribution in [0.15, 0.2) is 41.3 Å². The van der Waals surface area contributed by atoms with Crippen molar-refractivity contribution in [2.75, 3.05) is 57.7 Å². The van der Waals surface area contributed by atoms with Crippen LogP contribution in [0.25, 0.3) is 5.69 Å². The summed E-state index contributed by atoms with van der Waals surface area (Å²) in [5.41, 5.74) is 11.8. The highest BCUT2D eigenvalue weighted by molar-refractivity contribution is 5.89. The highest BCUT2D eigenvalue weighted by atomic mass is 16.3. The Morgan fingerprint density at radius 1 is 1.11 bits per heavy atom. The third-order valence-corrected chi connectivity index (χ3v) is 6.95. The van der Waals surface area contributed by atoms with Crippen LogP contribution in [0.3, 0.4) is 0 Å². The summed E-state index contributed by atoms with van der Waals surface area (Å²) in [6.45, 7) is 5.16. The maximum absolute atomic E-state index is 12.7. The van der Waals surface area contributed by atoms with Gasteiger partial charge in [-0.3, -0.25) is 14.7 Å². The number of urea groups is 1. The third-order valence-electron chi connectivity index (χ3n) is 6.95. The first-order valence-electron chi connectivity index (χ1n) is 12.6. The Bertz CT molecular complexity index is 1160. The van der Waals surface area contributed by atoms with Crippen LogP contribution in [-0.2, 0) is 11.2 Å². The zero-order valence-electron chi connectivity index (χ0n) is 21.2. The highest BCUT2D eigenvalue weighted by Crippen LogP contribution is 2.13. The van der Waals surface area contributed by atoms with Gasteiger partial charge in [-0.25, -0.2) is 9.59 Å².